The van der Waals surface area contributed by atoms with Gasteiger partial charge in [0.2, 0.25) is 5.91 Å². The Hall–Kier alpha value is -2.80. The van der Waals surface area contributed by atoms with E-state index in [0.29, 0.717) is 6.54 Å². The molecule has 1 amide bonds. The summed E-state index contributed by atoms with van der Waals surface area (Å²) in [5, 5.41) is 6.37. The molecule has 1 fully saturated rings. The second-order valence-electron chi connectivity index (χ2n) is 7.12. The van der Waals surface area contributed by atoms with Crippen LogP contribution in [0.1, 0.15) is 18.4 Å². The van der Waals surface area contributed by atoms with Crippen molar-refractivity contribution in [1.82, 2.24) is 10.3 Å². The van der Waals surface area contributed by atoms with Crippen LogP contribution in [0.25, 0.3) is 10.1 Å². The summed E-state index contributed by atoms with van der Waals surface area (Å²) in [7, 11) is 3.26. The van der Waals surface area contributed by atoms with E-state index in [9.17, 15) is 4.79 Å². The zero-order valence-corrected chi connectivity index (χ0v) is 17.5. The van der Waals surface area contributed by atoms with Crippen LogP contribution in [0.2, 0.25) is 0 Å². The third kappa shape index (κ3) is 4.15. The molecule has 0 atom stereocenters. The second-order valence-corrected chi connectivity index (χ2v) is 8.07. The molecule has 0 radical (unpaired) electrons. The Kier molecular flexibility index (Phi) is 5.85. The molecule has 0 unspecified atom stereocenters. The van der Waals surface area contributed by atoms with Crippen LogP contribution >= 0.6 is 11.3 Å². The Morgan fingerprint density at radius 3 is 2.79 bits per heavy atom. The van der Waals surface area contributed by atoms with Gasteiger partial charge in [0.05, 0.1) is 14.2 Å². The monoisotopic (exact) mass is 411 g/mol. The highest BCUT2D eigenvalue weighted by atomic mass is 32.1. The van der Waals surface area contributed by atoms with Gasteiger partial charge in [0.1, 0.15) is 17.3 Å². The van der Waals surface area contributed by atoms with Crippen LogP contribution < -0.4 is 19.7 Å². The number of aromatic nitrogens is 1. The van der Waals surface area contributed by atoms with Crippen LogP contribution in [-0.2, 0) is 11.3 Å². The molecular formula is C22H25N3O3S. The van der Waals surface area contributed by atoms with Gasteiger partial charge >= 0.3 is 0 Å². The molecule has 152 valence electrons. The summed E-state index contributed by atoms with van der Waals surface area (Å²) in [6, 6.07) is 9.78. The normalized spacial score (nSPS) is 14.8. The fraction of sp³-hybridized carbons (Fsp3) is 0.364. The van der Waals surface area contributed by atoms with Crippen molar-refractivity contribution in [3.05, 3.63) is 47.5 Å². The molecule has 29 heavy (non-hydrogen) atoms. The molecule has 3 heterocycles. The summed E-state index contributed by atoms with van der Waals surface area (Å²) < 4.78 is 11.9. The van der Waals surface area contributed by atoms with Crippen LogP contribution in [0.5, 0.6) is 11.5 Å². The predicted molar refractivity (Wildman–Crippen MR) is 116 cm³/mol. The molecule has 1 aliphatic heterocycles. The van der Waals surface area contributed by atoms with Gasteiger partial charge in [0.15, 0.2) is 0 Å². The van der Waals surface area contributed by atoms with Gasteiger partial charge in [-0.2, -0.15) is 0 Å². The van der Waals surface area contributed by atoms with Crippen molar-refractivity contribution < 1.29 is 14.3 Å². The molecule has 4 rings (SSSR count). The lowest BCUT2D eigenvalue weighted by Gasteiger charge is -2.32. The number of pyridine rings is 1. The molecular weight excluding hydrogens is 386 g/mol. The van der Waals surface area contributed by atoms with E-state index in [2.05, 4.69) is 32.7 Å². The maximum Gasteiger partial charge on any atom is 0.223 e. The number of nitrogens with zero attached hydrogens (tertiary/aromatic N) is 2. The highest BCUT2D eigenvalue weighted by Crippen LogP contribution is 2.31. The van der Waals surface area contributed by atoms with Crippen LogP contribution in [0, 0.1) is 5.92 Å². The Balaban J connectivity index is 1.35. The van der Waals surface area contributed by atoms with Gasteiger partial charge in [0.25, 0.3) is 0 Å². The molecule has 6 nitrogen and oxygen atoms in total. The zero-order valence-electron chi connectivity index (χ0n) is 16.7. The van der Waals surface area contributed by atoms with Crippen molar-refractivity contribution in [3.63, 3.8) is 0 Å². The lowest BCUT2D eigenvalue weighted by molar-refractivity contribution is -0.125. The summed E-state index contributed by atoms with van der Waals surface area (Å²) in [6.45, 7) is 2.10. The first-order chi connectivity index (χ1) is 14.2. The minimum absolute atomic E-state index is 0.0181. The van der Waals surface area contributed by atoms with Gasteiger partial charge < -0.3 is 19.7 Å². The third-order valence-electron chi connectivity index (χ3n) is 5.46. The summed E-state index contributed by atoms with van der Waals surface area (Å²) in [5.74, 6) is 2.64. The Morgan fingerprint density at radius 2 is 2.03 bits per heavy atom. The van der Waals surface area contributed by atoms with E-state index >= 15 is 0 Å². The standard InChI is InChI=1S/C22H25N3O3S/c1-27-17-3-4-19(28-2)16(13-17)14-24-22(26)15-6-10-25(11-7-15)21-18-8-12-29-20(18)5-9-23-21/h3-5,8-9,12-13,15H,6-7,10-11,14H2,1-2H3,(H,24,26). The zero-order chi connectivity index (χ0) is 20.2. The van der Waals surface area contributed by atoms with Crippen LogP contribution in [0.3, 0.4) is 0 Å². The summed E-state index contributed by atoms with van der Waals surface area (Å²) in [6.07, 6.45) is 3.51. The Morgan fingerprint density at radius 1 is 1.21 bits per heavy atom. The van der Waals surface area contributed by atoms with Crippen molar-refractivity contribution in [3.8, 4) is 11.5 Å². The average molecular weight is 412 g/mol. The maximum atomic E-state index is 12.7. The molecule has 1 aromatic carbocycles. The van der Waals surface area contributed by atoms with Crippen molar-refractivity contribution in [2.75, 3.05) is 32.2 Å². The van der Waals surface area contributed by atoms with E-state index < -0.39 is 0 Å². The van der Waals surface area contributed by atoms with Crippen molar-refractivity contribution in [2.24, 2.45) is 5.92 Å². The van der Waals surface area contributed by atoms with Gasteiger partial charge in [-0.3, -0.25) is 4.79 Å². The van der Waals surface area contributed by atoms with E-state index in [1.54, 1.807) is 25.6 Å². The number of amides is 1. The average Bonchev–Trinajstić information content (AvgIpc) is 3.26. The van der Waals surface area contributed by atoms with E-state index in [-0.39, 0.29) is 11.8 Å². The molecule has 3 aromatic rings. The molecule has 0 aliphatic carbocycles. The predicted octanol–water partition coefficient (Wildman–Crippen LogP) is 3.85. The fourth-order valence-corrected chi connectivity index (χ4v) is 4.61. The number of hydrogen-bond acceptors (Lipinski definition) is 6. The molecule has 1 N–H and O–H groups in total. The number of nitrogens with one attached hydrogen (secondary N) is 1. The number of thiophene rings is 1. The lowest BCUT2D eigenvalue weighted by Crippen LogP contribution is -2.40. The molecule has 7 heteroatoms. The smallest absolute Gasteiger partial charge is 0.223 e. The van der Waals surface area contributed by atoms with Gasteiger partial charge in [-0.1, -0.05) is 0 Å². The van der Waals surface area contributed by atoms with Gasteiger partial charge in [0, 0.05) is 47.4 Å². The number of ether oxygens (including phenoxy) is 2. The third-order valence-corrected chi connectivity index (χ3v) is 6.35. The largest absolute Gasteiger partial charge is 0.497 e. The Labute approximate surface area is 174 Å². The molecule has 1 aliphatic rings. The maximum absolute atomic E-state index is 12.7. The van der Waals surface area contributed by atoms with Gasteiger partial charge in [-0.25, -0.2) is 4.98 Å². The highest BCUT2D eigenvalue weighted by molar-refractivity contribution is 7.17. The molecule has 0 bridgehead atoms. The van der Waals surface area contributed by atoms with Crippen molar-refractivity contribution in [2.45, 2.75) is 19.4 Å². The van der Waals surface area contributed by atoms with Crippen LogP contribution in [0.15, 0.2) is 41.9 Å². The topological polar surface area (TPSA) is 63.7 Å². The number of fused-ring (bicyclic) bond motifs is 1. The van der Waals surface area contributed by atoms with Crippen LogP contribution in [0.4, 0.5) is 5.82 Å². The van der Waals surface area contributed by atoms with Crippen molar-refractivity contribution >= 4 is 33.1 Å². The number of piperidine rings is 1. The summed E-state index contributed by atoms with van der Waals surface area (Å²) >= 11 is 1.73. The molecule has 1 saturated heterocycles. The number of anilines is 1. The summed E-state index contributed by atoms with van der Waals surface area (Å²) in [4.78, 5) is 19.6. The van der Waals surface area contributed by atoms with E-state index in [1.165, 1.54) is 10.1 Å². The fourth-order valence-electron chi connectivity index (χ4n) is 3.83. The highest BCUT2D eigenvalue weighted by Gasteiger charge is 2.26. The van der Waals surface area contributed by atoms with Crippen LogP contribution in [-0.4, -0.2) is 38.2 Å². The SMILES string of the molecule is COc1ccc(OC)c(CNC(=O)C2CCN(c3nccc4sccc34)CC2)c1. The number of benzene rings is 1. The quantitative estimate of drug-likeness (QED) is 0.668. The van der Waals surface area contributed by atoms with Crippen molar-refractivity contribution in [1.29, 1.82) is 0 Å². The van der Waals surface area contributed by atoms with Gasteiger partial charge in [-0.15, -0.1) is 11.3 Å². The number of carbonyl (C=O) groups excluding carboxylic acids is 1. The first-order valence-corrected chi connectivity index (χ1v) is 10.6. The summed E-state index contributed by atoms with van der Waals surface area (Å²) in [5.41, 5.74) is 0.908. The first kappa shape index (κ1) is 19.5. The van der Waals surface area contributed by atoms with E-state index in [1.807, 2.05) is 24.4 Å². The molecule has 0 spiro atoms. The number of hydrogen-bond donors (Lipinski definition) is 1. The van der Waals surface area contributed by atoms with E-state index in [0.717, 1.165) is 48.8 Å². The number of methoxy groups -OCH3 is 2. The minimum Gasteiger partial charge on any atom is -0.497 e. The lowest BCUT2D eigenvalue weighted by atomic mass is 9.95. The number of carbonyl (C=O) groups is 1. The molecule has 2 aromatic heterocycles. The minimum atomic E-state index is 0.0181. The Bertz CT molecular complexity index is 996. The first-order valence-electron chi connectivity index (χ1n) is 9.75. The molecule has 0 saturated carbocycles. The van der Waals surface area contributed by atoms with E-state index in [4.69, 9.17) is 9.47 Å². The number of rotatable bonds is 6. The van der Waals surface area contributed by atoms with Gasteiger partial charge in [-0.05, 0) is 48.6 Å². The second kappa shape index (κ2) is 8.69.